The lowest BCUT2D eigenvalue weighted by Crippen LogP contribution is -3.00. The fourth-order valence-corrected chi connectivity index (χ4v) is 2.52. The highest BCUT2D eigenvalue weighted by Crippen LogP contribution is 2.14. The molecule has 0 aromatic carbocycles. The molecule has 0 heterocycles. The van der Waals surface area contributed by atoms with Crippen LogP contribution in [0.1, 0.15) is 39.5 Å². The molecule has 0 aliphatic heterocycles. The highest BCUT2D eigenvalue weighted by atomic mass is 79.9. The van der Waals surface area contributed by atoms with Crippen molar-refractivity contribution in [2.75, 3.05) is 12.3 Å². The fourth-order valence-electron chi connectivity index (χ4n) is 0.841. The highest BCUT2D eigenvalue weighted by molar-refractivity contribution is 7.37. The molecule has 0 atom stereocenters. The molecule has 0 aromatic rings. The maximum absolute atomic E-state index is 2.28. The predicted octanol–water partition coefficient (Wildman–Crippen LogP) is 0.00140. The van der Waals surface area contributed by atoms with Crippen molar-refractivity contribution in [1.29, 1.82) is 0 Å². The predicted molar refractivity (Wildman–Crippen MR) is 49.3 cm³/mol. The van der Waals surface area contributed by atoms with Crippen LogP contribution in [0.25, 0.3) is 0 Å². The molecule has 2 heteroatoms. The summed E-state index contributed by atoms with van der Waals surface area (Å²) in [5.74, 6) is 0. The first kappa shape index (κ1) is 13.5. The normalized spacial score (nSPS) is 9.00. The van der Waals surface area contributed by atoms with Gasteiger partial charge in [0.25, 0.3) is 0 Å². The Kier molecular flexibility index (Phi) is 17.0. The largest absolute Gasteiger partial charge is 1.00 e. The molecular formula is C8H20BrP. The van der Waals surface area contributed by atoms with Crippen LogP contribution in [-0.4, -0.2) is 12.3 Å². The summed E-state index contributed by atoms with van der Waals surface area (Å²) >= 11 is 0. The van der Waals surface area contributed by atoms with Crippen LogP contribution in [0.2, 0.25) is 0 Å². The maximum Gasteiger partial charge on any atom is 0.0549 e. The zero-order valence-electron chi connectivity index (χ0n) is 7.20. The molecule has 0 aliphatic rings. The van der Waals surface area contributed by atoms with E-state index in [4.69, 9.17) is 0 Å². The molecule has 10 heavy (non-hydrogen) atoms. The summed E-state index contributed by atoms with van der Waals surface area (Å²) in [5.41, 5.74) is 0. The second-order valence-corrected chi connectivity index (χ2v) is 4.31. The van der Waals surface area contributed by atoms with Gasteiger partial charge in [-0.25, -0.2) is 0 Å². The average Bonchev–Trinajstić information content (AvgIpc) is 1.89. The van der Waals surface area contributed by atoms with E-state index in [9.17, 15) is 0 Å². The summed E-state index contributed by atoms with van der Waals surface area (Å²) in [7, 11) is 0.818. The van der Waals surface area contributed by atoms with Crippen LogP contribution in [0, 0.1) is 0 Å². The van der Waals surface area contributed by atoms with Gasteiger partial charge in [0.1, 0.15) is 0 Å². The molecule has 0 radical (unpaired) electrons. The molecule has 0 amide bonds. The van der Waals surface area contributed by atoms with Crippen molar-refractivity contribution in [2.24, 2.45) is 0 Å². The highest BCUT2D eigenvalue weighted by Gasteiger charge is 1.91. The molecule has 0 aliphatic carbocycles. The Morgan fingerprint density at radius 1 is 0.900 bits per heavy atom. The van der Waals surface area contributed by atoms with Gasteiger partial charge in [0, 0.05) is 0 Å². The molecule has 0 aromatic heterocycles. The van der Waals surface area contributed by atoms with Crippen LogP contribution in [-0.2, 0) is 0 Å². The van der Waals surface area contributed by atoms with E-state index >= 15 is 0 Å². The third-order valence-corrected chi connectivity index (χ3v) is 3.16. The first-order valence-corrected chi connectivity index (χ1v) is 5.86. The Morgan fingerprint density at radius 3 is 1.60 bits per heavy atom. The van der Waals surface area contributed by atoms with Crippen LogP contribution in [0.3, 0.4) is 0 Å². The standard InChI is InChI=1S/C8H19P.BrH/c1-3-5-7-9-8-6-4-2;/h9H,3-8H2,1-2H3;1H. The lowest BCUT2D eigenvalue weighted by Gasteiger charge is -1.90. The van der Waals surface area contributed by atoms with Crippen LogP contribution in [0.15, 0.2) is 0 Å². The number of hydrogen-bond acceptors (Lipinski definition) is 0. The van der Waals surface area contributed by atoms with Gasteiger partial charge < -0.3 is 17.0 Å². The molecule has 0 spiro atoms. The van der Waals surface area contributed by atoms with Crippen molar-refractivity contribution < 1.29 is 17.0 Å². The van der Waals surface area contributed by atoms with Gasteiger partial charge >= 0.3 is 0 Å². The van der Waals surface area contributed by atoms with E-state index in [1.165, 1.54) is 38.0 Å². The molecule has 0 rings (SSSR count). The molecule has 0 bridgehead atoms. The number of rotatable bonds is 6. The first-order valence-electron chi connectivity index (χ1n) is 4.23. The van der Waals surface area contributed by atoms with Crippen LogP contribution in [0.5, 0.6) is 0 Å². The Morgan fingerprint density at radius 2 is 1.30 bits per heavy atom. The Hall–Kier alpha value is 0.910. The van der Waals surface area contributed by atoms with Crippen LogP contribution in [0.4, 0.5) is 0 Å². The van der Waals surface area contributed by atoms with Crippen molar-refractivity contribution >= 4 is 8.58 Å². The minimum absolute atomic E-state index is 0. The van der Waals surface area contributed by atoms with E-state index in [1.54, 1.807) is 0 Å². The summed E-state index contributed by atoms with van der Waals surface area (Å²) in [6.07, 6.45) is 8.79. The quantitative estimate of drug-likeness (QED) is 0.442. The molecule has 64 valence electrons. The summed E-state index contributed by atoms with van der Waals surface area (Å²) < 4.78 is 0. The Labute approximate surface area is 77.7 Å². The molecule has 0 saturated carbocycles. The number of halogens is 1. The second kappa shape index (κ2) is 12.6. The van der Waals surface area contributed by atoms with Crippen LogP contribution < -0.4 is 17.0 Å². The van der Waals surface area contributed by atoms with Gasteiger partial charge in [0.2, 0.25) is 0 Å². The third kappa shape index (κ3) is 11.7. The van der Waals surface area contributed by atoms with E-state index in [0.717, 1.165) is 8.58 Å². The molecule has 0 N–H and O–H groups in total. The Bertz CT molecular complexity index is 42.5. The molecule has 0 nitrogen and oxygen atoms in total. The zero-order valence-corrected chi connectivity index (χ0v) is 9.94. The smallest absolute Gasteiger partial charge is 0.0549 e. The molecule has 0 unspecified atom stereocenters. The maximum atomic E-state index is 2.28. The second-order valence-electron chi connectivity index (χ2n) is 2.57. The van der Waals surface area contributed by atoms with Crippen LogP contribution >= 0.6 is 8.58 Å². The van der Waals surface area contributed by atoms with Crippen molar-refractivity contribution in [3.63, 3.8) is 0 Å². The summed E-state index contributed by atoms with van der Waals surface area (Å²) in [5, 5.41) is 0. The fraction of sp³-hybridized carbons (Fsp3) is 1.00. The van der Waals surface area contributed by atoms with Gasteiger partial charge in [0.15, 0.2) is 0 Å². The van der Waals surface area contributed by atoms with Gasteiger partial charge in [-0.15, -0.1) is 0 Å². The third-order valence-electron chi connectivity index (χ3n) is 1.52. The minimum atomic E-state index is 0. The van der Waals surface area contributed by atoms with E-state index < -0.39 is 0 Å². The first-order chi connectivity index (χ1) is 4.41. The monoisotopic (exact) mass is 226 g/mol. The zero-order chi connectivity index (χ0) is 6.95. The number of unbranched alkanes of at least 4 members (excludes halogenated alkanes) is 2. The summed E-state index contributed by atoms with van der Waals surface area (Å²) in [4.78, 5) is 0. The Balaban J connectivity index is 0. The summed E-state index contributed by atoms with van der Waals surface area (Å²) in [6, 6.07) is 0. The molecule has 0 fully saturated rings. The lowest BCUT2D eigenvalue weighted by molar-refractivity contribution is -0.00000204. The SMILES string of the molecule is CCCC[PH2+]CCCC.[Br-]. The van der Waals surface area contributed by atoms with Gasteiger partial charge in [0.05, 0.1) is 12.3 Å². The number of hydrogen-bond donors (Lipinski definition) is 0. The topological polar surface area (TPSA) is 0 Å². The van der Waals surface area contributed by atoms with Crippen molar-refractivity contribution in [2.45, 2.75) is 39.5 Å². The lowest BCUT2D eigenvalue weighted by atomic mass is 10.4. The van der Waals surface area contributed by atoms with E-state index in [2.05, 4.69) is 13.8 Å². The molecule has 0 saturated heterocycles. The summed E-state index contributed by atoms with van der Waals surface area (Å²) in [6.45, 7) is 4.55. The van der Waals surface area contributed by atoms with E-state index in [1.807, 2.05) is 0 Å². The van der Waals surface area contributed by atoms with E-state index in [-0.39, 0.29) is 17.0 Å². The van der Waals surface area contributed by atoms with Crippen molar-refractivity contribution in [1.82, 2.24) is 0 Å². The van der Waals surface area contributed by atoms with Crippen molar-refractivity contribution in [3.8, 4) is 0 Å². The minimum Gasteiger partial charge on any atom is -1.00 e. The van der Waals surface area contributed by atoms with Crippen molar-refractivity contribution in [3.05, 3.63) is 0 Å². The molecular weight excluding hydrogens is 207 g/mol. The van der Waals surface area contributed by atoms with Gasteiger partial charge in [-0.2, -0.15) is 0 Å². The van der Waals surface area contributed by atoms with Gasteiger partial charge in [-0.3, -0.25) is 0 Å². The average molecular weight is 227 g/mol. The van der Waals surface area contributed by atoms with E-state index in [0.29, 0.717) is 0 Å². The van der Waals surface area contributed by atoms with Gasteiger partial charge in [-0.1, -0.05) is 26.7 Å². The van der Waals surface area contributed by atoms with Gasteiger partial charge in [-0.05, 0) is 21.4 Å².